The van der Waals surface area contributed by atoms with Crippen molar-refractivity contribution in [2.24, 2.45) is 5.41 Å². The third-order valence-electron chi connectivity index (χ3n) is 4.17. The average molecular weight is 278 g/mol. The van der Waals surface area contributed by atoms with Crippen molar-refractivity contribution < 1.29 is 4.79 Å². The molecule has 1 unspecified atom stereocenters. The number of rotatable bonds is 6. The van der Waals surface area contributed by atoms with Crippen LogP contribution in [0.4, 0.5) is 0 Å². The van der Waals surface area contributed by atoms with Crippen molar-refractivity contribution in [2.75, 3.05) is 13.1 Å². The number of piperidine rings is 1. The molecule has 0 bridgehead atoms. The van der Waals surface area contributed by atoms with E-state index in [2.05, 4.69) is 22.7 Å². The summed E-state index contributed by atoms with van der Waals surface area (Å²) in [4.78, 5) is 12.7. The Morgan fingerprint density at radius 2 is 2.25 bits per heavy atom. The van der Waals surface area contributed by atoms with Gasteiger partial charge in [-0.2, -0.15) is 5.10 Å². The number of nitrogens with one attached hydrogen (secondary N) is 2. The number of aromatic nitrogens is 2. The zero-order valence-corrected chi connectivity index (χ0v) is 12.6. The Balaban J connectivity index is 1.93. The van der Waals surface area contributed by atoms with Gasteiger partial charge >= 0.3 is 0 Å². The maximum atomic E-state index is 12.7. The first-order valence-corrected chi connectivity index (χ1v) is 7.65. The van der Waals surface area contributed by atoms with Gasteiger partial charge in [0, 0.05) is 18.4 Å². The van der Waals surface area contributed by atoms with Crippen LogP contribution in [-0.4, -0.2) is 34.8 Å². The molecule has 20 heavy (non-hydrogen) atoms. The lowest BCUT2D eigenvalue weighted by Crippen LogP contribution is -2.50. The van der Waals surface area contributed by atoms with Crippen molar-refractivity contribution in [2.45, 2.75) is 52.1 Å². The van der Waals surface area contributed by atoms with Gasteiger partial charge < -0.3 is 10.6 Å². The molecule has 5 heteroatoms. The summed E-state index contributed by atoms with van der Waals surface area (Å²) in [6, 6.07) is 2.01. The van der Waals surface area contributed by atoms with E-state index in [1.165, 1.54) is 0 Å². The van der Waals surface area contributed by atoms with E-state index in [9.17, 15) is 4.79 Å². The smallest absolute Gasteiger partial charge is 0.226 e. The molecule has 1 saturated heterocycles. The summed E-state index contributed by atoms with van der Waals surface area (Å²) in [5.74, 6) is 0.223. The monoisotopic (exact) mass is 278 g/mol. The summed E-state index contributed by atoms with van der Waals surface area (Å²) in [7, 11) is 0. The summed E-state index contributed by atoms with van der Waals surface area (Å²) >= 11 is 0. The molecule has 0 spiro atoms. The molecule has 2 N–H and O–H groups in total. The van der Waals surface area contributed by atoms with E-state index in [0.29, 0.717) is 0 Å². The molecule has 0 radical (unpaired) electrons. The number of hydrogen-bond donors (Lipinski definition) is 2. The highest BCUT2D eigenvalue weighted by Crippen LogP contribution is 2.34. The van der Waals surface area contributed by atoms with Gasteiger partial charge in [-0.3, -0.25) is 9.48 Å². The minimum atomic E-state index is -0.168. The number of nitrogens with zero attached hydrogens (tertiary/aromatic N) is 2. The topological polar surface area (TPSA) is 59.0 Å². The van der Waals surface area contributed by atoms with Gasteiger partial charge in [0.05, 0.1) is 12.0 Å². The van der Waals surface area contributed by atoms with Crippen molar-refractivity contribution in [3.63, 3.8) is 0 Å². The van der Waals surface area contributed by atoms with Crippen LogP contribution in [0, 0.1) is 5.41 Å². The molecule has 1 aliphatic rings. The van der Waals surface area contributed by atoms with Crippen molar-refractivity contribution in [1.82, 2.24) is 20.4 Å². The number of amides is 1. The van der Waals surface area contributed by atoms with Crippen LogP contribution in [0.2, 0.25) is 0 Å². The molecule has 1 amide bonds. The Morgan fingerprint density at radius 3 is 2.85 bits per heavy atom. The molecule has 2 rings (SSSR count). The zero-order valence-electron chi connectivity index (χ0n) is 12.6. The van der Waals surface area contributed by atoms with Crippen LogP contribution in [-0.2, 0) is 11.3 Å². The lowest BCUT2D eigenvalue weighted by atomic mass is 9.74. The van der Waals surface area contributed by atoms with E-state index >= 15 is 0 Å². The first-order valence-electron chi connectivity index (χ1n) is 7.65. The molecular formula is C15H26N4O. The van der Waals surface area contributed by atoms with Gasteiger partial charge in [0.2, 0.25) is 5.91 Å². The van der Waals surface area contributed by atoms with Gasteiger partial charge in [0.15, 0.2) is 0 Å². The van der Waals surface area contributed by atoms with Crippen LogP contribution in [0.25, 0.3) is 0 Å². The molecule has 2 heterocycles. The minimum absolute atomic E-state index is 0.103. The van der Waals surface area contributed by atoms with Crippen LogP contribution in [0.15, 0.2) is 18.5 Å². The highest BCUT2D eigenvalue weighted by atomic mass is 16.2. The van der Waals surface area contributed by atoms with Crippen molar-refractivity contribution in [3.8, 4) is 0 Å². The van der Waals surface area contributed by atoms with Crippen molar-refractivity contribution in [3.05, 3.63) is 18.5 Å². The summed E-state index contributed by atoms with van der Waals surface area (Å²) in [6.45, 7) is 6.81. The molecule has 5 nitrogen and oxygen atoms in total. The third-order valence-corrected chi connectivity index (χ3v) is 4.17. The van der Waals surface area contributed by atoms with E-state index in [1.54, 1.807) is 6.20 Å². The fourth-order valence-corrected chi connectivity index (χ4v) is 3.09. The largest absolute Gasteiger partial charge is 0.351 e. The van der Waals surface area contributed by atoms with Crippen molar-refractivity contribution in [1.29, 1.82) is 0 Å². The molecule has 1 aliphatic heterocycles. The Kier molecular flexibility index (Phi) is 5.17. The zero-order chi connectivity index (χ0) is 14.4. The molecule has 0 saturated carbocycles. The van der Waals surface area contributed by atoms with E-state index in [-0.39, 0.29) is 17.4 Å². The Morgan fingerprint density at radius 1 is 1.50 bits per heavy atom. The maximum absolute atomic E-state index is 12.7. The SMILES string of the molecule is CCCC1(C(=O)NC(C)Cn2cccn2)CCNCC1. The van der Waals surface area contributed by atoms with Gasteiger partial charge in [-0.05, 0) is 45.3 Å². The Hall–Kier alpha value is -1.36. The van der Waals surface area contributed by atoms with E-state index < -0.39 is 0 Å². The molecule has 1 atom stereocenters. The highest BCUT2D eigenvalue weighted by Gasteiger charge is 2.38. The molecule has 1 aromatic rings. The molecule has 0 aliphatic carbocycles. The fraction of sp³-hybridized carbons (Fsp3) is 0.733. The van der Waals surface area contributed by atoms with Gasteiger partial charge in [-0.1, -0.05) is 13.3 Å². The fourth-order valence-electron chi connectivity index (χ4n) is 3.09. The van der Waals surface area contributed by atoms with Crippen LogP contribution in [0.1, 0.15) is 39.5 Å². The number of carbonyl (C=O) groups is 1. The first kappa shape index (κ1) is 15.0. The second-order valence-electron chi connectivity index (χ2n) is 5.88. The van der Waals surface area contributed by atoms with Crippen LogP contribution < -0.4 is 10.6 Å². The second-order valence-corrected chi connectivity index (χ2v) is 5.88. The summed E-state index contributed by atoms with van der Waals surface area (Å²) in [6.07, 6.45) is 7.62. The van der Waals surface area contributed by atoms with Crippen molar-refractivity contribution >= 4 is 5.91 Å². The first-order chi connectivity index (χ1) is 9.66. The molecule has 0 aromatic carbocycles. The lowest BCUT2D eigenvalue weighted by molar-refractivity contribution is -0.133. The normalized spacial score (nSPS) is 19.5. The molecular weight excluding hydrogens is 252 g/mol. The standard InChI is InChI=1S/C15H26N4O/c1-3-5-15(6-9-16-10-7-15)14(20)18-13(2)12-19-11-4-8-17-19/h4,8,11,13,16H,3,5-7,9-10,12H2,1-2H3,(H,18,20). The predicted octanol–water partition coefficient (Wildman–Crippen LogP) is 1.56. The Labute approximate surface area is 121 Å². The van der Waals surface area contributed by atoms with Gasteiger partial charge in [-0.25, -0.2) is 0 Å². The summed E-state index contributed by atoms with van der Waals surface area (Å²) in [5, 5.41) is 10.7. The maximum Gasteiger partial charge on any atom is 0.226 e. The van der Waals surface area contributed by atoms with Crippen LogP contribution >= 0.6 is 0 Å². The minimum Gasteiger partial charge on any atom is -0.351 e. The Bertz CT molecular complexity index is 404. The predicted molar refractivity (Wildman–Crippen MR) is 79.3 cm³/mol. The number of hydrogen-bond acceptors (Lipinski definition) is 3. The van der Waals surface area contributed by atoms with Crippen LogP contribution in [0.3, 0.4) is 0 Å². The quantitative estimate of drug-likeness (QED) is 0.830. The van der Waals surface area contributed by atoms with Gasteiger partial charge in [0.1, 0.15) is 0 Å². The van der Waals surface area contributed by atoms with Crippen LogP contribution in [0.5, 0.6) is 0 Å². The second kappa shape index (κ2) is 6.88. The summed E-state index contributed by atoms with van der Waals surface area (Å²) < 4.78 is 1.86. The average Bonchev–Trinajstić information content (AvgIpc) is 2.92. The molecule has 1 fully saturated rings. The lowest BCUT2D eigenvalue weighted by Gasteiger charge is -2.37. The van der Waals surface area contributed by atoms with Gasteiger partial charge in [-0.15, -0.1) is 0 Å². The highest BCUT2D eigenvalue weighted by molar-refractivity contribution is 5.83. The summed E-state index contributed by atoms with van der Waals surface area (Å²) in [5.41, 5.74) is -0.168. The van der Waals surface area contributed by atoms with E-state index in [0.717, 1.165) is 45.3 Å². The third kappa shape index (κ3) is 3.60. The number of carbonyl (C=O) groups excluding carboxylic acids is 1. The molecule has 1 aromatic heterocycles. The van der Waals surface area contributed by atoms with E-state index in [4.69, 9.17) is 0 Å². The molecule has 112 valence electrons. The van der Waals surface area contributed by atoms with E-state index in [1.807, 2.05) is 23.9 Å². The van der Waals surface area contributed by atoms with Gasteiger partial charge in [0.25, 0.3) is 0 Å².